The minimum atomic E-state index is -3.97. The Kier molecular flexibility index (Phi) is 8.84. The van der Waals surface area contributed by atoms with Gasteiger partial charge >= 0.3 is 0 Å². The van der Waals surface area contributed by atoms with Crippen molar-refractivity contribution in [3.8, 4) is 11.5 Å². The van der Waals surface area contributed by atoms with Gasteiger partial charge in [0.1, 0.15) is 22.9 Å². The molecule has 8 nitrogen and oxygen atoms in total. The molecule has 1 aromatic heterocycles. The van der Waals surface area contributed by atoms with Crippen LogP contribution in [0.3, 0.4) is 0 Å². The van der Waals surface area contributed by atoms with Crippen LogP contribution in [0.5, 0.6) is 11.5 Å². The summed E-state index contributed by atoms with van der Waals surface area (Å²) < 4.78 is 46.0. The maximum absolute atomic E-state index is 14.1. The zero-order valence-corrected chi connectivity index (χ0v) is 21.2. The van der Waals surface area contributed by atoms with Gasteiger partial charge < -0.3 is 14.2 Å². The Morgan fingerprint density at radius 2 is 1.69 bits per heavy atom. The highest BCUT2D eigenvalue weighted by atomic mass is 32.2. The predicted octanol–water partition coefficient (Wildman–Crippen LogP) is 4.47. The van der Waals surface area contributed by atoms with Gasteiger partial charge in [0.05, 0.1) is 33.1 Å². The smallest absolute Gasteiger partial charge is 0.241 e. The summed E-state index contributed by atoms with van der Waals surface area (Å²) in [6.07, 6.45) is 3.95. The first-order valence-corrected chi connectivity index (χ1v) is 12.6. The molecular weight excluding hydrogens is 466 g/mol. The number of ether oxygens (including phenoxy) is 3. The molecule has 35 heavy (non-hydrogen) atoms. The molecular formula is C26H31N3O5S. The third-order valence-corrected chi connectivity index (χ3v) is 7.62. The van der Waals surface area contributed by atoms with Crippen LogP contribution in [0.4, 0.5) is 5.69 Å². The van der Waals surface area contributed by atoms with E-state index in [1.54, 1.807) is 68.9 Å². The molecule has 0 saturated carbocycles. The first kappa shape index (κ1) is 26.2. The van der Waals surface area contributed by atoms with Gasteiger partial charge in [-0.2, -0.15) is 0 Å². The fraction of sp³-hybridized carbons (Fsp3) is 0.308. The normalized spacial score (nSPS) is 13.0. The van der Waals surface area contributed by atoms with Gasteiger partial charge in [0, 0.05) is 18.5 Å². The van der Waals surface area contributed by atoms with Gasteiger partial charge in [0.2, 0.25) is 10.0 Å². The first-order chi connectivity index (χ1) is 16.8. The fourth-order valence-electron chi connectivity index (χ4n) is 3.49. The molecule has 0 saturated heterocycles. The van der Waals surface area contributed by atoms with Crippen molar-refractivity contribution in [1.29, 1.82) is 0 Å². The third-order valence-electron chi connectivity index (χ3n) is 5.48. The van der Waals surface area contributed by atoms with Gasteiger partial charge in [-0.15, -0.1) is 6.58 Å². The molecule has 2 aromatic carbocycles. The number of sulfonamides is 1. The Balaban J connectivity index is 2.05. The van der Waals surface area contributed by atoms with Crippen LogP contribution in [0.2, 0.25) is 0 Å². The summed E-state index contributed by atoms with van der Waals surface area (Å²) in [5, 5.41) is -1.00. The molecule has 0 fully saturated rings. The zero-order chi connectivity index (χ0) is 25.4. The number of benzene rings is 2. The van der Waals surface area contributed by atoms with E-state index >= 15 is 0 Å². The van der Waals surface area contributed by atoms with E-state index in [0.717, 1.165) is 11.1 Å². The van der Waals surface area contributed by atoms with Gasteiger partial charge in [-0.3, -0.25) is 4.31 Å². The monoisotopic (exact) mass is 497 g/mol. The van der Waals surface area contributed by atoms with Crippen LogP contribution in [0.25, 0.3) is 0 Å². The maximum Gasteiger partial charge on any atom is 0.241 e. The number of methoxy groups -OCH3 is 2. The van der Waals surface area contributed by atoms with Crippen molar-refractivity contribution in [3.63, 3.8) is 0 Å². The predicted molar refractivity (Wildman–Crippen MR) is 136 cm³/mol. The molecule has 2 atom stereocenters. The highest BCUT2D eigenvalue weighted by molar-refractivity contribution is 7.93. The summed E-state index contributed by atoms with van der Waals surface area (Å²) in [7, 11) is -0.850. The Bertz CT molecular complexity index is 1210. The van der Waals surface area contributed by atoms with Crippen LogP contribution in [0.1, 0.15) is 30.0 Å². The average molecular weight is 498 g/mol. The number of nitrogens with zero attached hydrogens (tertiary/aromatic N) is 3. The van der Waals surface area contributed by atoms with E-state index < -0.39 is 21.4 Å². The highest BCUT2D eigenvalue weighted by Gasteiger charge is 2.38. The Morgan fingerprint density at radius 3 is 2.29 bits per heavy atom. The van der Waals surface area contributed by atoms with Crippen LogP contribution in [-0.4, -0.2) is 44.5 Å². The fourth-order valence-corrected chi connectivity index (χ4v) is 5.14. The van der Waals surface area contributed by atoms with Crippen LogP contribution in [-0.2, 0) is 21.3 Å². The molecule has 0 radical (unpaired) electrons. The molecule has 9 heteroatoms. The van der Waals surface area contributed by atoms with E-state index in [2.05, 4.69) is 16.5 Å². The number of aromatic nitrogens is 2. The van der Waals surface area contributed by atoms with Gasteiger partial charge in [-0.25, -0.2) is 18.4 Å². The van der Waals surface area contributed by atoms with Crippen molar-refractivity contribution >= 4 is 15.7 Å². The molecule has 3 rings (SSSR count). The molecule has 0 bridgehead atoms. The summed E-state index contributed by atoms with van der Waals surface area (Å²) in [6.45, 7) is 7.41. The van der Waals surface area contributed by atoms with E-state index in [1.807, 2.05) is 19.1 Å². The molecule has 0 aliphatic rings. The number of hydrogen-bond acceptors (Lipinski definition) is 7. The standard InChI is InChI=1S/C26H31N3O5S/c1-6-14-34-25(26-27-16-19(2)17-28-26)20(3)35(30,31)29(22-8-7-9-24(15-22)33-5)18-21-10-12-23(32-4)13-11-21/h6-13,15-17,20,25H,1,14,18H2,2-5H3/t20-,25-/m1/s1. The Hall–Kier alpha value is -3.43. The quantitative estimate of drug-likeness (QED) is 0.341. The summed E-state index contributed by atoms with van der Waals surface area (Å²) in [5.41, 5.74) is 2.13. The lowest BCUT2D eigenvalue weighted by molar-refractivity contribution is 0.0668. The van der Waals surface area contributed by atoms with Crippen molar-refractivity contribution < 1.29 is 22.6 Å². The van der Waals surface area contributed by atoms with Crippen molar-refractivity contribution in [2.45, 2.75) is 31.7 Å². The number of aryl methyl sites for hydroxylation is 1. The van der Waals surface area contributed by atoms with Crippen LogP contribution >= 0.6 is 0 Å². The van der Waals surface area contributed by atoms with E-state index in [1.165, 1.54) is 11.4 Å². The minimum Gasteiger partial charge on any atom is -0.497 e. The number of anilines is 1. The highest BCUT2D eigenvalue weighted by Crippen LogP contribution is 2.32. The Labute approximate surface area is 207 Å². The van der Waals surface area contributed by atoms with Crippen molar-refractivity contribution in [2.24, 2.45) is 0 Å². The molecule has 186 valence electrons. The summed E-state index contributed by atoms with van der Waals surface area (Å²) in [6, 6.07) is 14.2. The van der Waals surface area contributed by atoms with E-state index in [0.29, 0.717) is 23.0 Å². The van der Waals surface area contributed by atoms with Crippen molar-refractivity contribution in [1.82, 2.24) is 9.97 Å². The van der Waals surface area contributed by atoms with Crippen LogP contribution in [0.15, 0.2) is 73.6 Å². The summed E-state index contributed by atoms with van der Waals surface area (Å²) in [4.78, 5) is 8.68. The Morgan fingerprint density at radius 1 is 1.03 bits per heavy atom. The second-order valence-electron chi connectivity index (χ2n) is 7.97. The molecule has 0 aliphatic carbocycles. The van der Waals surface area contributed by atoms with E-state index in [-0.39, 0.29) is 13.2 Å². The van der Waals surface area contributed by atoms with Crippen molar-refractivity contribution in [3.05, 3.63) is 90.5 Å². The molecule has 1 heterocycles. The van der Waals surface area contributed by atoms with Gasteiger partial charge in [0.15, 0.2) is 5.82 Å². The van der Waals surface area contributed by atoms with Crippen LogP contribution < -0.4 is 13.8 Å². The third kappa shape index (κ3) is 6.37. The SMILES string of the molecule is C=CCO[C@@H](c1ncc(C)cn1)[C@@H](C)S(=O)(=O)N(Cc1ccc(OC)cc1)c1cccc(OC)c1. The van der Waals surface area contributed by atoms with Crippen LogP contribution in [0, 0.1) is 6.92 Å². The van der Waals surface area contributed by atoms with Gasteiger partial charge in [0.25, 0.3) is 0 Å². The van der Waals surface area contributed by atoms with E-state index in [4.69, 9.17) is 14.2 Å². The molecule has 0 aliphatic heterocycles. The molecule has 0 unspecified atom stereocenters. The van der Waals surface area contributed by atoms with E-state index in [9.17, 15) is 8.42 Å². The molecule has 0 amide bonds. The zero-order valence-electron chi connectivity index (χ0n) is 20.4. The lowest BCUT2D eigenvalue weighted by atomic mass is 10.2. The minimum absolute atomic E-state index is 0.104. The molecule has 3 aromatic rings. The second kappa shape index (κ2) is 11.8. The summed E-state index contributed by atoms with van der Waals surface area (Å²) in [5.74, 6) is 1.53. The largest absolute Gasteiger partial charge is 0.497 e. The number of hydrogen-bond donors (Lipinski definition) is 0. The molecule has 0 spiro atoms. The molecule has 0 N–H and O–H groups in total. The lowest BCUT2D eigenvalue weighted by Gasteiger charge is -2.31. The van der Waals surface area contributed by atoms with Gasteiger partial charge in [-0.1, -0.05) is 24.3 Å². The maximum atomic E-state index is 14.1. The summed E-state index contributed by atoms with van der Waals surface area (Å²) >= 11 is 0. The van der Waals surface area contributed by atoms with Crippen molar-refractivity contribution in [2.75, 3.05) is 25.1 Å². The second-order valence-corrected chi connectivity index (χ2v) is 10.2. The first-order valence-electron chi connectivity index (χ1n) is 11.1. The van der Waals surface area contributed by atoms with Gasteiger partial charge in [-0.05, 0) is 49.2 Å². The topological polar surface area (TPSA) is 90.9 Å². The average Bonchev–Trinajstić information content (AvgIpc) is 2.88. The lowest BCUT2D eigenvalue weighted by Crippen LogP contribution is -2.41. The number of rotatable bonds is 12.